The summed E-state index contributed by atoms with van der Waals surface area (Å²) < 4.78 is 27.3. The second kappa shape index (κ2) is 7.64. The Morgan fingerprint density at radius 3 is 1.92 bits per heavy atom. The van der Waals surface area contributed by atoms with Gasteiger partial charge in [0.1, 0.15) is 0 Å². The Bertz CT molecular complexity index is 833. The van der Waals surface area contributed by atoms with Gasteiger partial charge in [0.15, 0.2) is 0 Å². The van der Waals surface area contributed by atoms with Crippen LogP contribution in [0.1, 0.15) is 0 Å². The molecule has 0 aliphatic heterocycles. The topological polar surface area (TPSA) is 49.8 Å². The van der Waals surface area contributed by atoms with Crippen LogP contribution in [0.3, 0.4) is 0 Å². The van der Waals surface area contributed by atoms with Gasteiger partial charge in [-0.25, -0.2) is 0 Å². The number of rotatable bonds is 6. The quantitative estimate of drug-likeness (QED) is 0.589. The molecule has 2 aromatic carbocycles. The third-order valence-electron chi connectivity index (χ3n) is 3.90. The summed E-state index contributed by atoms with van der Waals surface area (Å²) in [7, 11) is 6.51. The van der Waals surface area contributed by atoms with E-state index in [1.54, 1.807) is 28.4 Å². The van der Waals surface area contributed by atoms with Crippen LogP contribution in [0.25, 0.3) is 21.1 Å². The zero-order valence-electron chi connectivity index (χ0n) is 14.5. The molecule has 5 nitrogen and oxygen atoms in total. The van der Waals surface area contributed by atoms with Gasteiger partial charge in [0, 0.05) is 0 Å². The van der Waals surface area contributed by atoms with E-state index in [0.29, 0.717) is 17.2 Å². The van der Waals surface area contributed by atoms with Crippen molar-refractivity contribution >= 4 is 14.7 Å². The molecule has 1 aromatic heterocycles. The summed E-state index contributed by atoms with van der Waals surface area (Å²) >= 11 is -0.000127. The van der Waals surface area contributed by atoms with Gasteiger partial charge in [-0.15, -0.1) is 0 Å². The predicted molar refractivity (Wildman–Crippen MR) is 98.3 cm³/mol. The average molecular weight is 404 g/mol. The van der Waals surface area contributed by atoms with Gasteiger partial charge in [-0.2, -0.15) is 0 Å². The maximum atomic E-state index is 5.47. The van der Waals surface area contributed by atoms with Gasteiger partial charge in [-0.3, -0.25) is 0 Å². The van der Waals surface area contributed by atoms with Gasteiger partial charge >= 0.3 is 153 Å². The molecule has 0 bridgehead atoms. The zero-order valence-corrected chi connectivity index (χ0v) is 16.2. The van der Waals surface area contributed by atoms with E-state index in [9.17, 15) is 0 Å². The summed E-state index contributed by atoms with van der Waals surface area (Å²) in [6.07, 6.45) is 1.93. The summed E-state index contributed by atoms with van der Waals surface area (Å²) in [5.74, 6) is 2.70. The first-order valence-corrected chi connectivity index (χ1v) is 9.23. The van der Waals surface area contributed by atoms with Crippen molar-refractivity contribution in [1.82, 2.24) is 3.98 Å². The summed E-state index contributed by atoms with van der Waals surface area (Å²) in [6, 6.07) is 11.9. The first kappa shape index (κ1) is 17.4. The van der Waals surface area contributed by atoms with Crippen LogP contribution < -0.4 is 18.9 Å². The normalized spacial score (nSPS) is 10.4. The Labute approximate surface area is 153 Å². The Hall–Kier alpha value is -2.43. The van der Waals surface area contributed by atoms with Crippen molar-refractivity contribution in [3.8, 4) is 44.1 Å². The summed E-state index contributed by atoms with van der Waals surface area (Å²) in [5.41, 5.74) is 3.24. The first-order valence-electron chi connectivity index (χ1n) is 7.61. The third kappa shape index (κ3) is 3.36. The van der Waals surface area contributed by atoms with Gasteiger partial charge < -0.3 is 0 Å². The molecule has 130 valence electrons. The first-order chi connectivity index (χ1) is 12.2. The molecule has 0 fully saturated rings. The molecule has 0 unspecified atom stereocenters. The van der Waals surface area contributed by atoms with Crippen LogP contribution in [0, 0.1) is 0 Å². The molecular formula is C19H19NO4Se. The van der Waals surface area contributed by atoms with E-state index >= 15 is 0 Å². The van der Waals surface area contributed by atoms with Crippen molar-refractivity contribution in [3.63, 3.8) is 0 Å². The molecule has 0 spiro atoms. The van der Waals surface area contributed by atoms with Crippen molar-refractivity contribution in [2.45, 2.75) is 0 Å². The van der Waals surface area contributed by atoms with Crippen molar-refractivity contribution in [1.29, 1.82) is 0 Å². The molecule has 25 heavy (non-hydrogen) atoms. The summed E-state index contributed by atoms with van der Waals surface area (Å²) in [6.45, 7) is 0. The van der Waals surface area contributed by atoms with Gasteiger partial charge in [-0.05, 0) is 0 Å². The van der Waals surface area contributed by atoms with Gasteiger partial charge in [0.2, 0.25) is 0 Å². The monoisotopic (exact) mass is 405 g/mol. The number of ether oxygens (including phenoxy) is 4. The van der Waals surface area contributed by atoms with Crippen molar-refractivity contribution in [3.05, 3.63) is 42.6 Å². The second-order valence-electron chi connectivity index (χ2n) is 5.21. The molecular weight excluding hydrogens is 385 g/mol. The van der Waals surface area contributed by atoms with Crippen molar-refractivity contribution in [2.75, 3.05) is 28.4 Å². The van der Waals surface area contributed by atoms with Crippen LogP contribution >= 0.6 is 0 Å². The Morgan fingerprint density at radius 1 is 0.760 bits per heavy atom. The Morgan fingerprint density at radius 2 is 1.40 bits per heavy atom. The molecule has 0 N–H and O–H groups in total. The molecule has 3 aromatic rings. The van der Waals surface area contributed by atoms with Crippen LogP contribution in [-0.4, -0.2) is 47.2 Å². The van der Waals surface area contributed by atoms with E-state index in [2.05, 4.69) is 3.98 Å². The molecule has 0 saturated carbocycles. The van der Waals surface area contributed by atoms with E-state index in [4.69, 9.17) is 18.9 Å². The standard InChI is InChI=1S/C19H19NO4Se/c1-21-14-7-5-12(6-8-14)15-11-20-25-19(15)13-9-16(22-2)18(24-4)17(10-13)23-3/h5-11H,1-4H3. The Balaban J connectivity index is 2.10. The van der Waals surface area contributed by atoms with Crippen LogP contribution in [0.2, 0.25) is 0 Å². The minimum absolute atomic E-state index is 0.000127. The number of hydrogen-bond acceptors (Lipinski definition) is 5. The molecule has 0 aliphatic rings. The molecule has 0 saturated heterocycles. The number of nitrogens with zero attached hydrogens (tertiary/aromatic N) is 1. The van der Waals surface area contributed by atoms with Crippen LogP contribution in [0.4, 0.5) is 0 Å². The molecule has 0 atom stereocenters. The van der Waals surface area contributed by atoms with Crippen LogP contribution in [-0.2, 0) is 0 Å². The second-order valence-corrected chi connectivity index (χ2v) is 6.89. The molecule has 6 heteroatoms. The predicted octanol–water partition coefficient (Wildman–Crippen LogP) is 3.51. The van der Waals surface area contributed by atoms with E-state index in [1.807, 2.05) is 42.6 Å². The zero-order chi connectivity index (χ0) is 17.8. The third-order valence-corrected chi connectivity index (χ3v) is 5.68. The fraction of sp³-hybridized carbons (Fsp3) is 0.211. The summed E-state index contributed by atoms with van der Waals surface area (Å²) in [4.78, 5) is 0. The van der Waals surface area contributed by atoms with Crippen molar-refractivity contribution in [2.24, 2.45) is 0 Å². The molecule has 0 amide bonds. The fourth-order valence-corrected chi connectivity index (χ4v) is 4.22. The van der Waals surface area contributed by atoms with Crippen LogP contribution in [0.15, 0.2) is 42.6 Å². The van der Waals surface area contributed by atoms with E-state index in [1.165, 1.54) is 4.44 Å². The van der Waals surface area contributed by atoms with Crippen LogP contribution in [0.5, 0.6) is 23.0 Å². The van der Waals surface area contributed by atoms with E-state index in [-0.39, 0.29) is 14.7 Å². The van der Waals surface area contributed by atoms with Gasteiger partial charge in [0.25, 0.3) is 0 Å². The SMILES string of the molecule is COc1ccc(-c2cn[se]c2-c2cc(OC)c(OC)c(OC)c2)cc1. The minimum atomic E-state index is -0.000127. The number of hydrogen-bond donors (Lipinski definition) is 0. The van der Waals surface area contributed by atoms with Crippen molar-refractivity contribution < 1.29 is 18.9 Å². The van der Waals surface area contributed by atoms with Gasteiger partial charge in [-0.1, -0.05) is 0 Å². The Kier molecular flexibility index (Phi) is 5.31. The average Bonchev–Trinajstić information content (AvgIpc) is 3.16. The molecule has 0 aliphatic carbocycles. The van der Waals surface area contributed by atoms with E-state index < -0.39 is 0 Å². The molecule has 1 heterocycles. The van der Waals surface area contributed by atoms with Gasteiger partial charge in [0.05, 0.1) is 0 Å². The molecule has 3 rings (SSSR count). The summed E-state index contributed by atoms with van der Waals surface area (Å²) in [5, 5.41) is 0. The number of methoxy groups -OCH3 is 4. The number of benzene rings is 2. The number of aromatic nitrogens is 1. The van der Waals surface area contributed by atoms with E-state index in [0.717, 1.165) is 22.4 Å². The molecule has 0 radical (unpaired) electrons. The fourth-order valence-electron chi connectivity index (χ4n) is 2.64. The maximum absolute atomic E-state index is 5.47.